The average molecular weight is 333 g/mol. The van der Waals surface area contributed by atoms with Gasteiger partial charge in [0.25, 0.3) is 0 Å². The maximum Gasteiger partial charge on any atom is 0.241 e. The first-order valence-electron chi connectivity index (χ1n) is 9.26. The van der Waals surface area contributed by atoms with Crippen molar-refractivity contribution in [3.63, 3.8) is 0 Å². The van der Waals surface area contributed by atoms with Crippen LogP contribution >= 0.6 is 0 Å². The van der Waals surface area contributed by atoms with E-state index < -0.39 is 0 Å². The monoisotopic (exact) mass is 333 g/mol. The second-order valence-electron chi connectivity index (χ2n) is 7.34. The van der Waals surface area contributed by atoms with Crippen LogP contribution in [0, 0.1) is 13.8 Å². The van der Waals surface area contributed by atoms with Gasteiger partial charge in [-0.05, 0) is 59.5 Å². The number of piperidine rings is 1. The first-order valence-corrected chi connectivity index (χ1v) is 9.26. The number of aryl methyl sites for hydroxylation is 2. The van der Waals surface area contributed by atoms with Gasteiger partial charge in [-0.2, -0.15) is 5.10 Å². The molecule has 0 spiro atoms. The number of nitrogens with zero attached hydrogens (tertiary/aromatic N) is 4. The summed E-state index contributed by atoms with van der Waals surface area (Å²) in [6.07, 6.45) is 5.07. The lowest BCUT2D eigenvalue weighted by molar-refractivity contribution is -0.121. The van der Waals surface area contributed by atoms with Crippen molar-refractivity contribution in [2.75, 3.05) is 31.5 Å². The molecule has 3 rings (SSSR count). The molecule has 2 aliphatic heterocycles. The molecule has 0 aliphatic carbocycles. The Kier molecular flexibility index (Phi) is 5.25. The van der Waals surface area contributed by atoms with Crippen LogP contribution in [0.4, 0.5) is 5.69 Å². The van der Waals surface area contributed by atoms with Gasteiger partial charge in [0.1, 0.15) is 0 Å². The summed E-state index contributed by atoms with van der Waals surface area (Å²) in [5, 5.41) is 7.46. The fourth-order valence-corrected chi connectivity index (χ4v) is 4.09. The minimum absolute atomic E-state index is 0.0776. The van der Waals surface area contributed by atoms with Crippen molar-refractivity contribution in [2.45, 2.75) is 58.5 Å². The number of hydrogen-bond donors (Lipinski definition) is 1. The molecular weight excluding hydrogens is 302 g/mol. The molecule has 1 aromatic heterocycles. The Morgan fingerprint density at radius 3 is 2.33 bits per heavy atom. The Morgan fingerprint density at radius 2 is 1.79 bits per heavy atom. The highest BCUT2D eigenvalue weighted by Crippen LogP contribution is 2.23. The zero-order valence-electron chi connectivity index (χ0n) is 15.5. The quantitative estimate of drug-likeness (QED) is 0.915. The molecule has 2 fully saturated rings. The van der Waals surface area contributed by atoms with Crippen LogP contribution in [0.3, 0.4) is 0 Å². The number of hydrogen-bond acceptors (Lipinski definition) is 4. The molecule has 1 N–H and O–H groups in total. The second kappa shape index (κ2) is 7.23. The highest BCUT2D eigenvalue weighted by atomic mass is 16.2. The Bertz CT molecular complexity index is 582. The number of carbonyl (C=O) groups excluding carboxylic acids is 1. The Hall–Kier alpha value is -1.40. The summed E-state index contributed by atoms with van der Waals surface area (Å²) in [6, 6.07) is 0.630. The Balaban J connectivity index is 1.54. The second-order valence-corrected chi connectivity index (χ2v) is 7.34. The predicted molar refractivity (Wildman–Crippen MR) is 96.2 cm³/mol. The predicted octanol–water partition coefficient (Wildman–Crippen LogP) is 1.92. The van der Waals surface area contributed by atoms with Crippen molar-refractivity contribution in [1.82, 2.24) is 19.6 Å². The molecule has 134 valence electrons. The van der Waals surface area contributed by atoms with Gasteiger partial charge in [0.15, 0.2) is 0 Å². The fourth-order valence-electron chi connectivity index (χ4n) is 4.09. The highest BCUT2D eigenvalue weighted by molar-refractivity contribution is 5.95. The molecule has 3 heterocycles. The van der Waals surface area contributed by atoms with E-state index in [9.17, 15) is 4.79 Å². The topological polar surface area (TPSA) is 53.4 Å². The molecular formula is C18H31N5O. The van der Waals surface area contributed by atoms with E-state index in [4.69, 9.17) is 0 Å². The van der Waals surface area contributed by atoms with Crippen LogP contribution in [-0.2, 0) is 11.8 Å². The van der Waals surface area contributed by atoms with Gasteiger partial charge in [-0.15, -0.1) is 0 Å². The van der Waals surface area contributed by atoms with Crippen LogP contribution < -0.4 is 5.32 Å². The third-order valence-electron chi connectivity index (χ3n) is 5.84. The van der Waals surface area contributed by atoms with Crippen LogP contribution in [0.2, 0.25) is 0 Å². The SMILES string of the molecule is Cc1nn(C)c(C)c1NC(=O)[C@H](C)N1CCC(N2CCCC2)CC1. The van der Waals surface area contributed by atoms with E-state index in [2.05, 4.69) is 20.2 Å². The van der Waals surface area contributed by atoms with Crippen LogP contribution in [0.15, 0.2) is 0 Å². The number of likely N-dealkylation sites (tertiary alicyclic amines) is 2. The van der Waals surface area contributed by atoms with E-state index in [1.54, 1.807) is 0 Å². The number of anilines is 1. The number of nitrogens with one attached hydrogen (secondary N) is 1. The van der Waals surface area contributed by atoms with Crippen LogP contribution in [0.1, 0.15) is 44.0 Å². The zero-order chi connectivity index (χ0) is 17.3. The molecule has 0 saturated carbocycles. The van der Waals surface area contributed by atoms with E-state index >= 15 is 0 Å². The van der Waals surface area contributed by atoms with E-state index in [1.165, 1.54) is 38.8 Å². The van der Waals surface area contributed by atoms with Gasteiger partial charge in [0, 0.05) is 26.2 Å². The number of rotatable bonds is 4. The lowest BCUT2D eigenvalue weighted by Gasteiger charge is -2.38. The number of aromatic nitrogens is 2. The summed E-state index contributed by atoms with van der Waals surface area (Å²) in [7, 11) is 1.91. The third-order valence-corrected chi connectivity index (χ3v) is 5.84. The van der Waals surface area contributed by atoms with Crippen molar-refractivity contribution in [3.8, 4) is 0 Å². The molecule has 0 aromatic carbocycles. The molecule has 6 heteroatoms. The summed E-state index contributed by atoms with van der Waals surface area (Å²) in [4.78, 5) is 17.6. The molecule has 24 heavy (non-hydrogen) atoms. The first kappa shape index (κ1) is 17.4. The van der Waals surface area contributed by atoms with Gasteiger partial charge in [-0.1, -0.05) is 0 Å². The van der Waals surface area contributed by atoms with Crippen LogP contribution in [0.25, 0.3) is 0 Å². The molecule has 1 aromatic rings. The molecule has 0 radical (unpaired) electrons. The lowest BCUT2D eigenvalue weighted by atomic mass is 10.0. The van der Waals surface area contributed by atoms with Gasteiger partial charge in [0.2, 0.25) is 5.91 Å². The highest BCUT2D eigenvalue weighted by Gasteiger charge is 2.30. The fraction of sp³-hybridized carbons (Fsp3) is 0.778. The largest absolute Gasteiger partial charge is 0.322 e. The summed E-state index contributed by atoms with van der Waals surface area (Å²) >= 11 is 0. The minimum Gasteiger partial charge on any atom is -0.322 e. The van der Waals surface area contributed by atoms with E-state index in [1.807, 2.05) is 32.5 Å². The maximum absolute atomic E-state index is 12.7. The third kappa shape index (κ3) is 3.49. The van der Waals surface area contributed by atoms with Crippen LogP contribution in [-0.4, -0.2) is 63.8 Å². The normalized spacial score (nSPS) is 22.0. The maximum atomic E-state index is 12.7. The van der Waals surface area contributed by atoms with Crippen molar-refractivity contribution in [2.24, 2.45) is 7.05 Å². The van der Waals surface area contributed by atoms with Gasteiger partial charge >= 0.3 is 0 Å². The van der Waals surface area contributed by atoms with E-state index in [0.717, 1.165) is 36.2 Å². The average Bonchev–Trinajstić information content (AvgIpc) is 3.19. The van der Waals surface area contributed by atoms with Gasteiger partial charge in [0.05, 0.1) is 23.1 Å². The molecule has 0 bridgehead atoms. The standard InChI is InChI=1S/C18H31N5O/c1-13-17(14(2)21(4)20-13)19-18(24)15(3)22-11-7-16(8-12-22)23-9-5-6-10-23/h15-16H,5-12H2,1-4H3,(H,19,24)/t15-/m0/s1. The molecule has 1 atom stereocenters. The van der Waals surface area contributed by atoms with Gasteiger partial charge < -0.3 is 10.2 Å². The molecule has 2 aliphatic rings. The minimum atomic E-state index is -0.0939. The van der Waals surface area contributed by atoms with Crippen molar-refractivity contribution in [1.29, 1.82) is 0 Å². The lowest BCUT2D eigenvalue weighted by Crippen LogP contribution is -2.50. The first-order chi connectivity index (χ1) is 11.5. The smallest absolute Gasteiger partial charge is 0.241 e. The number of amides is 1. The van der Waals surface area contributed by atoms with Crippen LogP contribution in [0.5, 0.6) is 0 Å². The summed E-state index contributed by atoms with van der Waals surface area (Å²) in [5.41, 5.74) is 2.74. The summed E-state index contributed by atoms with van der Waals surface area (Å²) < 4.78 is 1.82. The number of carbonyl (C=O) groups is 1. The Morgan fingerprint density at radius 1 is 1.17 bits per heavy atom. The summed E-state index contributed by atoms with van der Waals surface area (Å²) in [6.45, 7) is 10.5. The molecule has 6 nitrogen and oxygen atoms in total. The Labute approximate surface area is 145 Å². The van der Waals surface area contributed by atoms with Gasteiger partial charge in [-0.25, -0.2) is 0 Å². The van der Waals surface area contributed by atoms with Crippen molar-refractivity contribution in [3.05, 3.63) is 11.4 Å². The zero-order valence-corrected chi connectivity index (χ0v) is 15.5. The van der Waals surface area contributed by atoms with Crippen molar-refractivity contribution < 1.29 is 4.79 Å². The molecule has 1 amide bonds. The van der Waals surface area contributed by atoms with Gasteiger partial charge in [-0.3, -0.25) is 14.4 Å². The molecule has 2 saturated heterocycles. The van der Waals surface area contributed by atoms with E-state index in [-0.39, 0.29) is 11.9 Å². The van der Waals surface area contributed by atoms with E-state index in [0.29, 0.717) is 0 Å². The summed E-state index contributed by atoms with van der Waals surface area (Å²) in [5.74, 6) is 0.0776. The van der Waals surface area contributed by atoms with Crippen molar-refractivity contribution >= 4 is 11.6 Å². The molecule has 0 unspecified atom stereocenters.